The Morgan fingerprint density at radius 1 is 1.45 bits per heavy atom. The first-order chi connectivity index (χ1) is 10.6. The smallest absolute Gasteiger partial charge is 0.251 e. The highest BCUT2D eigenvalue weighted by Crippen LogP contribution is 2.43. The Balaban J connectivity index is 2.23. The molecular formula is C18H23N3O. The summed E-state index contributed by atoms with van der Waals surface area (Å²) in [5.74, 6) is -0.339. The molecule has 1 fully saturated rings. The second kappa shape index (κ2) is 5.95. The standard InChI is InChI=1S/C18H23N3O/c1-3-4-7-15-17(13-6-5-10-20-11-13)16(18(19)22)12(2)21(15)14-8-9-14/h5-6,10-11,14H,3-4,7-9H2,1-2H3,(H2,19,22). The van der Waals surface area contributed by atoms with E-state index >= 15 is 0 Å². The molecule has 0 aromatic carbocycles. The number of carbonyl (C=O) groups excluding carboxylic acids is 1. The summed E-state index contributed by atoms with van der Waals surface area (Å²) in [5, 5.41) is 0. The van der Waals surface area contributed by atoms with E-state index in [0.717, 1.165) is 36.1 Å². The maximum atomic E-state index is 12.1. The summed E-state index contributed by atoms with van der Waals surface area (Å²) in [6.07, 6.45) is 9.19. The van der Waals surface area contributed by atoms with Crippen LogP contribution in [0.25, 0.3) is 11.1 Å². The second-order valence-corrected chi connectivity index (χ2v) is 6.09. The largest absolute Gasteiger partial charge is 0.366 e. The molecule has 22 heavy (non-hydrogen) atoms. The van der Waals surface area contributed by atoms with Gasteiger partial charge in [0.25, 0.3) is 5.91 Å². The number of amides is 1. The van der Waals surface area contributed by atoms with E-state index in [0.29, 0.717) is 11.6 Å². The van der Waals surface area contributed by atoms with Crippen molar-refractivity contribution in [1.82, 2.24) is 9.55 Å². The summed E-state index contributed by atoms with van der Waals surface area (Å²) in [7, 11) is 0. The summed E-state index contributed by atoms with van der Waals surface area (Å²) in [6, 6.07) is 4.46. The van der Waals surface area contributed by atoms with Crippen LogP contribution < -0.4 is 5.73 Å². The van der Waals surface area contributed by atoms with Gasteiger partial charge in [-0.1, -0.05) is 19.4 Å². The number of unbranched alkanes of at least 4 members (excludes halogenated alkanes) is 1. The first kappa shape index (κ1) is 14.8. The monoisotopic (exact) mass is 297 g/mol. The van der Waals surface area contributed by atoms with E-state index < -0.39 is 0 Å². The Bertz CT molecular complexity index is 684. The molecular weight excluding hydrogens is 274 g/mol. The van der Waals surface area contributed by atoms with Gasteiger partial charge in [-0.25, -0.2) is 0 Å². The first-order valence-electron chi connectivity index (χ1n) is 8.09. The molecule has 4 nitrogen and oxygen atoms in total. The van der Waals surface area contributed by atoms with Gasteiger partial charge in [0.2, 0.25) is 0 Å². The molecule has 3 rings (SSSR count). The van der Waals surface area contributed by atoms with Crippen molar-refractivity contribution in [1.29, 1.82) is 0 Å². The van der Waals surface area contributed by atoms with E-state index in [2.05, 4.69) is 16.5 Å². The van der Waals surface area contributed by atoms with Crippen molar-refractivity contribution >= 4 is 5.91 Å². The number of rotatable bonds is 6. The lowest BCUT2D eigenvalue weighted by Gasteiger charge is -2.12. The molecule has 1 aliphatic rings. The maximum absolute atomic E-state index is 12.1. The molecule has 116 valence electrons. The van der Waals surface area contributed by atoms with Crippen LogP contribution in [0.4, 0.5) is 0 Å². The van der Waals surface area contributed by atoms with Crippen LogP contribution in [0.3, 0.4) is 0 Å². The van der Waals surface area contributed by atoms with Crippen molar-refractivity contribution in [2.75, 3.05) is 0 Å². The van der Waals surface area contributed by atoms with Crippen LogP contribution in [0, 0.1) is 6.92 Å². The molecule has 2 heterocycles. The minimum atomic E-state index is -0.339. The Morgan fingerprint density at radius 3 is 2.77 bits per heavy atom. The average molecular weight is 297 g/mol. The second-order valence-electron chi connectivity index (χ2n) is 6.09. The fraction of sp³-hybridized carbons (Fsp3) is 0.444. The summed E-state index contributed by atoms with van der Waals surface area (Å²) in [5.41, 5.74) is 10.6. The quantitative estimate of drug-likeness (QED) is 0.885. The third-order valence-corrected chi connectivity index (χ3v) is 4.43. The number of carbonyl (C=O) groups is 1. The van der Waals surface area contributed by atoms with Crippen molar-refractivity contribution < 1.29 is 4.79 Å². The fourth-order valence-corrected chi connectivity index (χ4v) is 3.31. The molecule has 2 aromatic rings. The number of nitrogens with zero attached hydrogens (tertiary/aromatic N) is 2. The first-order valence-corrected chi connectivity index (χ1v) is 8.09. The maximum Gasteiger partial charge on any atom is 0.251 e. The van der Waals surface area contributed by atoms with Gasteiger partial charge in [-0.05, 0) is 38.7 Å². The summed E-state index contributed by atoms with van der Waals surface area (Å²) >= 11 is 0. The zero-order valence-electron chi connectivity index (χ0n) is 13.3. The molecule has 0 aliphatic heterocycles. The molecule has 1 saturated carbocycles. The van der Waals surface area contributed by atoms with Gasteiger partial charge in [-0.2, -0.15) is 0 Å². The lowest BCUT2D eigenvalue weighted by Crippen LogP contribution is -2.13. The highest BCUT2D eigenvalue weighted by molar-refractivity contribution is 6.02. The van der Waals surface area contributed by atoms with Crippen LogP contribution in [0.2, 0.25) is 0 Å². The van der Waals surface area contributed by atoms with Crippen molar-refractivity contribution in [2.24, 2.45) is 5.73 Å². The SMILES string of the molecule is CCCCc1c(-c2cccnc2)c(C(N)=O)c(C)n1C1CC1. The third-order valence-electron chi connectivity index (χ3n) is 4.43. The normalized spacial score (nSPS) is 14.3. The number of nitrogens with two attached hydrogens (primary N) is 1. The van der Waals surface area contributed by atoms with Crippen LogP contribution in [0.1, 0.15) is 60.4 Å². The number of primary amides is 1. The highest BCUT2D eigenvalue weighted by atomic mass is 16.1. The lowest BCUT2D eigenvalue weighted by atomic mass is 9.99. The highest BCUT2D eigenvalue weighted by Gasteiger charge is 2.32. The van der Waals surface area contributed by atoms with E-state index in [1.807, 2.05) is 25.3 Å². The Labute approximate surface area is 131 Å². The molecule has 0 unspecified atom stereocenters. The van der Waals surface area contributed by atoms with Crippen molar-refractivity contribution in [3.8, 4) is 11.1 Å². The van der Waals surface area contributed by atoms with Crippen LogP contribution in [0.15, 0.2) is 24.5 Å². The molecule has 0 radical (unpaired) electrons. The summed E-state index contributed by atoms with van der Waals surface area (Å²) < 4.78 is 2.36. The van der Waals surface area contributed by atoms with Gasteiger partial charge in [0.15, 0.2) is 0 Å². The van der Waals surface area contributed by atoms with Gasteiger partial charge >= 0.3 is 0 Å². The minimum Gasteiger partial charge on any atom is -0.366 e. The number of pyridine rings is 1. The van der Waals surface area contributed by atoms with Crippen LogP contribution >= 0.6 is 0 Å². The Morgan fingerprint density at radius 2 is 2.23 bits per heavy atom. The zero-order valence-corrected chi connectivity index (χ0v) is 13.3. The molecule has 0 bridgehead atoms. The topological polar surface area (TPSA) is 60.9 Å². The number of aromatic nitrogens is 2. The molecule has 2 N–H and O–H groups in total. The zero-order chi connectivity index (χ0) is 15.7. The molecule has 4 heteroatoms. The van der Waals surface area contributed by atoms with Crippen molar-refractivity contribution in [2.45, 2.75) is 52.0 Å². The van der Waals surface area contributed by atoms with E-state index in [9.17, 15) is 4.79 Å². The van der Waals surface area contributed by atoms with Gasteiger partial charge in [-0.15, -0.1) is 0 Å². The predicted molar refractivity (Wildman–Crippen MR) is 87.8 cm³/mol. The van der Waals surface area contributed by atoms with E-state index in [4.69, 9.17) is 5.73 Å². The lowest BCUT2D eigenvalue weighted by molar-refractivity contribution is 0.1000. The van der Waals surface area contributed by atoms with Gasteiger partial charge < -0.3 is 10.3 Å². The molecule has 1 amide bonds. The van der Waals surface area contributed by atoms with E-state index in [-0.39, 0.29) is 5.91 Å². The molecule has 0 atom stereocenters. The van der Waals surface area contributed by atoms with Gasteiger partial charge in [0.1, 0.15) is 0 Å². The third kappa shape index (κ3) is 2.54. The van der Waals surface area contributed by atoms with Crippen LogP contribution in [-0.4, -0.2) is 15.5 Å². The van der Waals surface area contributed by atoms with Crippen molar-refractivity contribution in [3.05, 3.63) is 41.5 Å². The molecule has 1 aliphatic carbocycles. The summed E-state index contributed by atoms with van der Waals surface area (Å²) in [4.78, 5) is 16.3. The van der Waals surface area contributed by atoms with Gasteiger partial charge in [-0.3, -0.25) is 9.78 Å². The molecule has 0 saturated heterocycles. The average Bonchev–Trinajstić information content (AvgIpc) is 3.29. The Kier molecular flexibility index (Phi) is 4.01. The van der Waals surface area contributed by atoms with Crippen LogP contribution in [0.5, 0.6) is 0 Å². The number of hydrogen-bond acceptors (Lipinski definition) is 2. The fourth-order valence-electron chi connectivity index (χ4n) is 3.31. The molecule has 0 spiro atoms. The van der Waals surface area contributed by atoms with E-state index in [1.54, 1.807) is 6.20 Å². The van der Waals surface area contributed by atoms with Gasteiger partial charge in [0, 0.05) is 41.0 Å². The van der Waals surface area contributed by atoms with Crippen molar-refractivity contribution in [3.63, 3.8) is 0 Å². The van der Waals surface area contributed by atoms with Gasteiger partial charge in [0.05, 0.1) is 5.56 Å². The summed E-state index contributed by atoms with van der Waals surface area (Å²) in [6.45, 7) is 4.21. The predicted octanol–water partition coefficient (Wildman–Crippen LogP) is 3.63. The Hall–Kier alpha value is -2.10. The van der Waals surface area contributed by atoms with Crippen LogP contribution in [-0.2, 0) is 6.42 Å². The number of hydrogen-bond donors (Lipinski definition) is 1. The van der Waals surface area contributed by atoms with E-state index in [1.165, 1.54) is 18.5 Å². The minimum absolute atomic E-state index is 0.339. The molecule has 2 aromatic heterocycles.